The van der Waals surface area contributed by atoms with E-state index in [-0.39, 0.29) is 254 Å². The topological polar surface area (TPSA) is 85.5 Å². The molecule has 0 rings (SSSR count). The predicted octanol–water partition coefficient (Wildman–Crippen LogP) is -1.43. The maximum absolute atomic E-state index is 0. The van der Waals surface area contributed by atoms with Crippen LogP contribution in [0.3, 0.4) is 0 Å². The van der Waals surface area contributed by atoms with Gasteiger partial charge in [-0.25, -0.2) is 0 Å². The first-order valence-corrected chi connectivity index (χ1v) is 0. The van der Waals surface area contributed by atoms with Crippen LogP contribution < -0.4 is 0 Å². The third-order valence-corrected chi connectivity index (χ3v) is 0. The zero-order chi connectivity index (χ0) is 0. The summed E-state index contributed by atoms with van der Waals surface area (Å²) in [5, 5.41) is 0. The molecule has 3 nitrogen and oxygen atoms in total. The number of hydrogen-bond acceptors (Lipinski definition) is 0. The van der Waals surface area contributed by atoms with Crippen molar-refractivity contribution in [2.45, 2.75) is 0 Å². The smallest absolute Gasteiger partial charge is 2.00 e. The maximum atomic E-state index is 0. The van der Waals surface area contributed by atoms with E-state index in [1.54, 1.807) is 0 Å². The van der Waals surface area contributed by atoms with Crippen LogP contribution in [0.4, 0.5) is 0 Å². The number of hydrogen-bond donors (Lipinski definition) is 0. The van der Waals surface area contributed by atoms with Crippen LogP contribution in [-0.4, -0.2) is 150 Å². The fraction of sp³-hybridized carbons (Fsp3) is 0. The molecule has 0 bridgehead atoms. The van der Waals surface area contributed by atoms with Gasteiger partial charge in [0.05, 0.1) is 0 Å². The molecular weight excluding hydrogens is 1030 g/mol. The molecule has 0 aliphatic carbocycles. The molecule has 0 heterocycles. The van der Waals surface area contributed by atoms with E-state index in [2.05, 4.69) is 0 Å². The average Bonchev–Trinajstić information content (AvgIpc) is 0. The van der Waals surface area contributed by atoms with Gasteiger partial charge in [0.2, 0.25) is 0 Å². The zero-order valence-corrected chi connectivity index (χ0v) is 26.8. The average molecular weight is 1030 g/mol. The van der Waals surface area contributed by atoms with Crippen LogP contribution in [0, 0.1) is 81.7 Å². The van der Waals surface area contributed by atoms with Gasteiger partial charge in [0.25, 0.3) is 0 Å². The molecule has 0 saturated heterocycles. The second-order valence-corrected chi connectivity index (χ2v) is 0. The third-order valence-electron chi connectivity index (χ3n) is 0. The van der Waals surface area contributed by atoms with Gasteiger partial charge in [0.15, 0.2) is 0 Å². The van der Waals surface area contributed by atoms with Gasteiger partial charge < -0.3 is 22.1 Å². The summed E-state index contributed by atoms with van der Waals surface area (Å²) < 4.78 is 0. The monoisotopic (exact) mass is 1030 g/mol. The van der Waals surface area contributed by atoms with Crippen molar-refractivity contribution in [3.05, 3.63) is 0 Å². The summed E-state index contributed by atoms with van der Waals surface area (Å²) in [6.07, 6.45) is 0. The molecule has 9 heteroatoms. The van der Waals surface area contributed by atoms with E-state index in [1.807, 2.05) is 0 Å². The largest absolute Gasteiger partial charge is 3.00 e. The Morgan fingerprint density at radius 1 is 0.556 bits per heavy atom. The molecule has 0 aromatic rings. The van der Waals surface area contributed by atoms with E-state index in [9.17, 15) is 0 Å². The summed E-state index contributed by atoms with van der Waals surface area (Å²) in [6.45, 7) is 0. The minimum Gasteiger partial charge on any atom is -2.00 e. The molecule has 0 N–H and O–H groups in total. The molecule has 0 saturated carbocycles. The summed E-state index contributed by atoms with van der Waals surface area (Å²) in [5.41, 5.74) is 0. The van der Waals surface area contributed by atoms with E-state index in [0.29, 0.717) is 0 Å². The molecule has 0 unspecified atom stereocenters. The van der Waals surface area contributed by atoms with Gasteiger partial charge in [0.1, 0.15) is 0 Å². The summed E-state index contributed by atoms with van der Waals surface area (Å²) >= 11 is 0. The molecule has 0 aromatic carbocycles. The van der Waals surface area contributed by atoms with Crippen LogP contribution in [0.15, 0.2) is 0 Å². The standard InChI is InChI=1S/2Ba.2Bi.2Nd.3O.4H/q2*+2;2*+3;;;3*-2;4*-1. The molecule has 0 spiro atoms. The van der Waals surface area contributed by atoms with Gasteiger partial charge >= 0.3 is 150 Å². The molecule has 9 heavy (non-hydrogen) atoms. The number of rotatable bonds is 0. The van der Waals surface area contributed by atoms with Crippen LogP contribution >= 0.6 is 0 Å². The fourth-order valence-corrected chi connectivity index (χ4v) is 0. The second-order valence-electron chi connectivity index (χ2n) is 0. The maximum Gasteiger partial charge on any atom is 3.00 e. The van der Waals surface area contributed by atoms with Gasteiger partial charge in [-0.15, -0.1) is 0 Å². The molecule has 0 aliphatic rings. The van der Waals surface area contributed by atoms with Crippen LogP contribution in [0.2, 0.25) is 0 Å². The quantitative estimate of drug-likeness (QED) is 0.267. The first-order valence-electron chi connectivity index (χ1n) is 0. The van der Waals surface area contributed by atoms with Crippen molar-refractivity contribution in [1.82, 2.24) is 0 Å². The minimum absolute atomic E-state index is 0. The molecule has 0 fully saturated rings. The SMILES string of the molecule is [Ba+2].[Ba+2].[Bi+3].[Bi+3].[H-].[H-].[H-].[H-].[Nd].[Nd].[O-2].[O-2].[O-2]. The van der Waals surface area contributed by atoms with Crippen LogP contribution in [0.1, 0.15) is 5.71 Å². The Morgan fingerprint density at radius 3 is 0.556 bits per heavy atom. The molecule has 44 valence electrons. The van der Waals surface area contributed by atoms with Crippen molar-refractivity contribution in [3.63, 3.8) is 0 Å². The molecule has 0 amide bonds. The zero-order valence-electron chi connectivity index (χ0n) is 8.53. The van der Waals surface area contributed by atoms with Gasteiger partial charge in [-0.3, -0.25) is 0 Å². The van der Waals surface area contributed by atoms with E-state index < -0.39 is 0 Å². The van der Waals surface area contributed by atoms with Gasteiger partial charge in [-0.05, 0) is 0 Å². The van der Waals surface area contributed by atoms with Crippen LogP contribution in [0.5, 0.6) is 0 Å². The van der Waals surface area contributed by atoms with Gasteiger partial charge in [0, 0.05) is 81.7 Å². The van der Waals surface area contributed by atoms with E-state index in [4.69, 9.17) is 0 Å². The summed E-state index contributed by atoms with van der Waals surface area (Å²) in [5.74, 6) is 0. The van der Waals surface area contributed by atoms with Crippen molar-refractivity contribution < 1.29 is 104 Å². The Morgan fingerprint density at radius 2 is 0.556 bits per heavy atom. The first-order chi connectivity index (χ1) is 0. The van der Waals surface area contributed by atoms with E-state index in [1.165, 1.54) is 0 Å². The van der Waals surface area contributed by atoms with Crippen molar-refractivity contribution in [2.24, 2.45) is 0 Å². The Kier molecular flexibility index (Phi) is 454. The summed E-state index contributed by atoms with van der Waals surface area (Å²) in [4.78, 5) is 0. The Bertz CT molecular complexity index is 29.4. The van der Waals surface area contributed by atoms with Crippen molar-refractivity contribution >= 4 is 150 Å². The van der Waals surface area contributed by atoms with Crippen LogP contribution in [0.25, 0.3) is 0 Å². The molecule has 0 aromatic heterocycles. The molecule has 4 radical (unpaired) electrons. The normalized spacial score (nSPS) is 0. The Labute approximate surface area is 245 Å². The molecule has 0 aliphatic heterocycles. The first kappa shape index (κ1) is 70.5. The predicted molar refractivity (Wildman–Crippen MR) is 29.5 cm³/mol. The second kappa shape index (κ2) is 58.0. The molecular formula is H4Ba2Bi2Nd2O3. The fourth-order valence-electron chi connectivity index (χ4n) is 0. The third kappa shape index (κ3) is 50.2. The molecule has 0 atom stereocenters. The van der Waals surface area contributed by atoms with Gasteiger partial charge in [-0.2, -0.15) is 0 Å². The van der Waals surface area contributed by atoms with Gasteiger partial charge in [-0.1, -0.05) is 0 Å². The van der Waals surface area contributed by atoms with Crippen molar-refractivity contribution in [2.75, 3.05) is 0 Å². The minimum atomic E-state index is 0. The Balaban J connectivity index is 0. The summed E-state index contributed by atoms with van der Waals surface area (Å²) in [7, 11) is 0. The Hall–Kier alpha value is 7.49. The van der Waals surface area contributed by atoms with E-state index >= 15 is 0 Å². The van der Waals surface area contributed by atoms with E-state index in [0.717, 1.165) is 0 Å². The van der Waals surface area contributed by atoms with Crippen molar-refractivity contribution in [3.8, 4) is 0 Å². The van der Waals surface area contributed by atoms with Crippen molar-refractivity contribution in [1.29, 1.82) is 0 Å². The summed E-state index contributed by atoms with van der Waals surface area (Å²) in [6, 6.07) is 0. The van der Waals surface area contributed by atoms with Crippen LogP contribution in [-0.2, 0) is 16.4 Å².